The molecule has 146 valence electrons. The molecule has 7 heteroatoms. The maximum atomic E-state index is 12.3. The van der Waals surface area contributed by atoms with Crippen LogP contribution >= 0.6 is 11.6 Å². The molecule has 0 atom stereocenters. The molecule has 0 unspecified atom stereocenters. The first-order valence-electron chi connectivity index (χ1n) is 8.49. The van der Waals surface area contributed by atoms with Gasteiger partial charge in [-0.3, -0.25) is 10.0 Å². The standard InChI is InChI=1S/C22H15ClNO5/c23-20-4-2-1-3-15(20)9-14-21(25)16-7-12-19(13-8-16)29-22(26)17-5-10-18(11-6-17)24(27)28/h1-14,27H/q-1. The van der Waals surface area contributed by atoms with Crippen LogP contribution in [0.2, 0.25) is 5.02 Å². The Labute approximate surface area is 171 Å². The number of carbonyl (C=O) groups is 2. The third-order valence-corrected chi connectivity index (χ3v) is 4.34. The third kappa shape index (κ3) is 5.30. The van der Waals surface area contributed by atoms with E-state index in [1.54, 1.807) is 36.4 Å². The highest BCUT2D eigenvalue weighted by molar-refractivity contribution is 6.32. The van der Waals surface area contributed by atoms with Crippen LogP contribution in [0.5, 0.6) is 5.75 Å². The topological polar surface area (TPSA) is 89.9 Å². The van der Waals surface area contributed by atoms with Gasteiger partial charge >= 0.3 is 5.97 Å². The van der Waals surface area contributed by atoms with Gasteiger partial charge in [0.05, 0.1) is 11.3 Å². The van der Waals surface area contributed by atoms with Gasteiger partial charge in [-0.1, -0.05) is 29.8 Å². The minimum absolute atomic E-state index is 0.00531. The predicted molar refractivity (Wildman–Crippen MR) is 110 cm³/mol. The van der Waals surface area contributed by atoms with Crippen LogP contribution in [0.1, 0.15) is 26.3 Å². The van der Waals surface area contributed by atoms with E-state index >= 15 is 0 Å². The first-order chi connectivity index (χ1) is 13.9. The third-order valence-electron chi connectivity index (χ3n) is 3.99. The number of anilines is 1. The van der Waals surface area contributed by atoms with E-state index in [9.17, 15) is 14.8 Å². The molecule has 0 bridgehead atoms. The summed E-state index contributed by atoms with van der Waals surface area (Å²) in [6, 6.07) is 18.6. The summed E-state index contributed by atoms with van der Waals surface area (Å²) in [6.45, 7) is 0. The molecule has 0 radical (unpaired) electrons. The molecule has 0 aliphatic carbocycles. The van der Waals surface area contributed by atoms with Crippen LogP contribution in [-0.2, 0) is 0 Å². The largest absolute Gasteiger partial charge is 0.733 e. The van der Waals surface area contributed by atoms with E-state index in [0.717, 1.165) is 5.56 Å². The van der Waals surface area contributed by atoms with Crippen molar-refractivity contribution in [3.63, 3.8) is 0 Å². The zero-order chi connectivity index (χ0) is 20.8. The van der Waals surface area contributed by atoms with Crippen LogP contribution < -0.4 is 9.96 Å². The average Bonchev–Trinajstić information content (AvgIpc) is 2.73. The fourth-order valence-electron chi connectivity index (χ4n) is 2.45. The predicted octanol–water partition coefficient (Wildman–Crippen LogP) is 5.15. The van der Waals surface area contributed by atoms with Gasteiger partial charge in [0, 0.05) is 10.6 Å². The Kier molecular flexibility index (Phi) is 6.41. The van der Waals surface area contributed by atoms with Crippen LogP contribution in [0.25, 0.3) is 6.08 Å². The summed E-state index contributed by atoms with van der Waals surface area (Å²) in [7, 11) is 0. The van der Waals surface area contributed by atoms with Crippen molar-refractivity contribution < 1.29 is 19.5 Å². The maximum Gasteiger partial charge on any atom is 0.343 e. The number of ether oxygens (including phenoxy) is 1. The van der Waals surface area contributed by atoms with Crippen LogP contribution in [0.4, 0.5) is 5.69 Å². The fourth-order valence-corrected chi connectivity index (χ4v) is 2.65. The monoisotopic (exact) mass is 408 g/mol. The van der Waals surface area contributed by atoms with Crippen molar-refractivity contribution in [3.05, 3.63) is 106 Å². The minimum Gasteiger partial charge on any atom is -0.733 e. The number of nitrogens with zero attached hydrogens (tertiary/aromatic N) is 1. The quantitative estimate of drug-likeness (QED) is 0.199. The number of halogens is 1. The number of benzene rings is 3. The fraction of sp³-hybridized carbons (Fsp3) is 0. The van der Waals surface area contributed by atoms with E-state index in [1.165, 1.54) is 42.5 Å². The molecule has 0 amide bonds. The van der Waals surface area contributed by atoms with Gasteiger partial charge in [-0.2, -0.15) is 0 Å². The number of esters is 1. The molecule has 0 saturated carbocycles. The molecule has 3 aromatic rings. The van der Waals surface area contributed by atoms with E-state index in [1.807, 2.05) is 6.07 Å². The highest BCUT2D eigenvalue weighted by atomic mass is 35.5. The van der Waals surface area contributed by atoms with E-state index in [-0.39, 0.29) is 28.0 Å². The van der Waals surface area contributed by atoms with Gasteiger partial charge in [0.25, 0.3) is 0 Å². The zero-order valence-corrected chi connectivity index (χ0v) is 15.7. The first kappa shape index (κ1) is 20.3. The van der Waals surface area contributed by atoms with E-state index < -0.39 is 5.97 Å². The Morgan fingerprint density at radius 3 is 2.17 bits per heavy atom. The van der Waals surface area contributed by atoms with Gasteiger partial charge in [-0.05, 0) is 72.3 Å². The molecule has 0 heterocycles. The molecular weight excluding hydrogens is 394 g/mol. The number of ketones is 1. The molecule has 29 heavy (non-hydrogen) atoms. The van der Waals surface area contributed by atoms with Gasteiger partial charge in [0.1, 0.15) is 5.75 Å². The van der Waals surface area contributed by atoms with Gasteiger partial charge in [-0.25, -0.2) is 4.79 Å². The van der Waals surface area contributed by atoms with Crippen molar-refractivity contribution >= 4 is 35.1 Å². The Hall–Kier alpha value is -3.45. The van der Waals surface area contributed by atoms with Crippen LogP contribution in [0.3, 0.4) is 0 Å². The smallest absolute Gasteiger partial charge is 0.343 e. The average molecular weight is 409 g/mol. The number of hydrogen-bond donors (Lipinski definition) is 1. The van der Waals surface area contributed by atoms with Crippen molar-refractivity contribution in [2.75, 3.05) is 5.23 Å². The summed E-state index contributed by atoms with van der Waals surface area (Å²) < 4.78 is 5.24. The Morgan fingerprint density at radius 1 is 0.931 bits per heavy atom. The molecule has 3 rings (SSSR count). The lowest BCUT2D eigenvalue weighted by molar-refractivity contribution is 0.0734. The van der Waals surface area contributed by atoms with Gasteiger partial charge in [0.2, 0.25) is 0 Å². The van der Waals surface area contributed by atoms with Crippen molar-refractivity contribution in [2.24, 2.45) is 0 Å². The van der Waals surface area contributed by atoms with Crippen molar-refractivity contribution in [3.8, 4) is 5.75 Å². The second kappa shape index (κ2) is 9.16. The Balaban J connectivity index is 1.64. The molecule has 0 aromatic heterocycles. The summed E-state index contributed by atoms with van der Waals surface area (Å²) in [6.07, 6.45) is 3.06. The Morgan fingerprint density at radius 2 is 1.55 bits per heavy atom. The van der Waals surface area contributed by atoms with Gasteiger partial charge in [0.15, 0.2) is 5.78 Å². The number of rotatable bonds is 6. The second-order valence-corrected chi connectivity index (χ2v) is 6.36. The number of hydrogen-bond acceptors (Lipinski definition) is 6. The van der Waals surface area contributed by atoms with E-state index in [0.29, 0.717) is 10.6 Å². The molecular formula is C22H15ClNO5-. The number of allylic oxidation sites excluding steroid dienone is 1. The summed E-state index contributed by atoms with van der Waals surface area (Å²) >= 11 is 6.06. The SMILES string of the molecule is O=C(C=Cc1ccccc1Cl)c1ccc(OC(=O)c2ccc(N([O-])O)cc2)cc1. The highest BCUT2D eigenvalue weighted by Gasteiger charge is 2.10. The lowest BCUT2D eigenvalue weighted by Gasteiger charge is -2.21. The molecule has 6 nitrogen and oxygen atoms in total. The molecule has 0 saturated heterocycles. The van der Waals surface area contributed by atoms with E-state index in [2.05, 4.69) is 0 Å². The minimum atomic E-state index is -0.635. The summed E-state index contributed by atoms with van der Waals surface area (Å²) in [5.74, 6) is -0.590. The van der Waals surface area contributed by atoms with Crippen molar-refractivity contribution in [2.45, 2.75) is 0 Å². The molecule has 0 aliphatic rings. The summed E-state index contributed by atoms with van der Waals surface area (Å²) in [4.78, 5) is 24.4. The molecule has 0 spiro atoms. The summed E-state index contributed by atoms with van der Waals surface area (Å²) in [5, 5.41) is 19.8. The van der Waals surface area contributed by atoms with Crippen LogP contribution in [0.15, 0.2) is 78.9 Å². The van der Waals surface area contributed by atoms with Crippen LogP contribution in [0, 0.1) is 5.21 Å². The molecule has 0 aliphatic heterocycles. The van der Waals surface area contributed by atoms with Crippen molar-refractivity contribution in [1.29, 1.82) is 0 Å². The maximum absolute atomic E-state index is 12.3. The lowest BCUT2D eigenvalue weighted by Crippen LogP contribution is -2.10. The molecule has 1 N–H and O–H groups in total. The Bertz CT molecular complexity index is 1040. The van der Waals surface area contributed by atoms with Gasteiger partial charge < -0.3 is 15.2 Å². The van der Waals surface area contributed by atoms with E-state index in [4.69, 9.17) is 21.5 Å². The van der Waals surface area contributed by atoms with Crippen molar-refractivity contribution in [1.82, 2.24) is 0 Å². The van der Waals surface area contributed by atoms with Crippen LogP contribution in [-0.4, -0.2) is 17.0 Å². The molecule has 3 aromatic carbocycles. The number of carbonyl (C=O) groups excluding carboxylic acids is 2. The second-order valence-electron chi connectivity index (χ2n) is 5.95. The van der Waals surface area contributed by atoms with Gasteiger partial charge in [-0.15, -0.1) is 0 Å². The summed E-state index contributed by atoms with van der Waals surface area (Å²) in [5.41, 5.74) is 1.36. The first-order valence-corrected chi connectivity index (χ1v) is 8.87. The highest BCUT2D eigenvalue weighted by Crippen LogP contribution is 2.19. The normalized spacial score (nSPS) is 10.7. The molecule has 0 fully saturated rings. The zero-order valence-electron chi connectivity index (χ0n) is 15.0. The lowest BCUT2D eigenvalue weighted by atomic mass is 10.1.